The lowest BCUT2D eigenvalue weighted by Gasteiger charge is -2.24. The van der Waals surface area contributed by atoms with Crippen LogP contribution in [-0.4, -0.2) is 13.1 Å². The molecule has 1 saturated carbocycles. The molecule has 0 aliphatic heterocycles. The summed E-state index contributed by atoms with van der Waals surface area (Å²) in [4.78, 5) is 1.55. The van der Waals surface area contributed by atoms with Gasteiger partial charge in [-0.1, -0.05) is 25.3 Å². The van der Waals surface area contributed by atoms with Gasteiger partial charge in [0.15, 0.2) is 0 Å². The highest BCUT2D eigenvalue weighted by atomic mass is 32.1. The fourth-order valence-electron chi connectivity index (χ4n) is 2.89. The fraction of sp³-hybridized carbons (Fsp3) is 0.714. The van der Waals surface area contributed by atoms with Crippen LogP contribution in [-0.2, 0) is 6.42 Å². The maximum Gasteiger partial charge on any atom is 0.00924 e. The predicted octanol–water partition coefficient (Wildman–Crippen LogP) is 3.85. The zero-order valence-corrected chi connectivity index (χ0v) is 11.1. The molecule has 1 fully saturated rings. The van der Waals surface area contributed by atoms with Crippen molar-refractivity contribution in [2.24, 2.45) is 5.92 Å². The molecule has 1 nitrogen and oxygen atoms in total. The summed E-state index contributed by atoms with van der Waals surface area (Å²) in [6.07, 6.45) is 9.75. The summed E-state index contributed by atoms with van der Waals surface area (Å²) >= 11 is 1.91. The highest BCUT2D eigenvalue weighted by molar-refractivity contribution is 7.09. The second kappa shape index (κ2) is 6.41. The van der Waals surface area contributed by atoms with Crippen molar-refractivity contribution >= 4 is 11.3 Å². The van der Waals surface area contributed by atoms with Crippen LogP contribution in [0.2, 0.25) is 0 Å². The predicted molar refractivity (Wildman–Crippen MR) is 72.1 cm³/mol. The Hall–Kier alpha value is -0.340. The summed E-state index contributed by atoms with van der Waals surface area (Å²) in [6.45, 7) is 0. The molecule has 0 radical (unpaired) electrons. The molecule has 1 aromatic heterocycles. The largest absolute Gasteiger partial charge is 0.317 e. The molecule has 90 valence electrons. The van der Waals surface area contributed by atoms with E-state index in [1.165, 1.54) is 44.9 Å². The van der Waals surface area contributed by atoms with E-state index >= 15 is 0 Å². The standard InChI is InChI=1S/C14H23NS/c1-15-14-8-4-2-3-6-12(14)9-10-13-7-5-11-16-13/h5,7,11-12,14-15H,2-4,6,8-10H2,1H3. The van der Waals surface area contributed by atoms with Crippen molar-refractivity contribution in [1.82, 2.24) is 5.32 Å². The van der Waals surface area contributed by atoms with Crippen LogP contribution < -0.4 is 5.32 Å². The highest BCUT2D eigenvalue weighted by Gasteiger charge is 2.21. The molecule has 1 aliphatic carbocycles. The average molecular weight is 237 g/mol. The van der Waals surface area contributed by atoms with E-state index in [-0.39, 0.29) is 0 Å². The number of nitrogens with one attached hydrogen (secondary N) is 1. The van der Waals surface area contributed by atoms with E-state index in [9.17, 15) is 0 Å². The summed E-state index contributed by atoms with van der Waals surface area (Å²) in [6, 6.07) is 5.21. The normalized spacial score (nSPS) is 26.6. The third-order valence-electron chi connectivity index (χ3n) is 3.87. The summed E-state index contributed by atoms with van der Waals surface area (Å²) < 4.78 is 0. The quantitative estimate of drug-likeness (QED) is 0.784. The lowest BCUT2D eigenvalue weighted by molar-refractivity contribution is 0.333. The van der Waals surface area contributed by atoms with Crippen LogP contribution in [0.25, 0.3) is 0 Å². The van der Waals surface area contributed by atoms with Gasteiger partial charge in [0, 0.05) is 10.9 Å². The molecule has 1 aliphatic rings. The highest BCUT2D eigenvalue weighted by Crippen LogP contribution is 2.27. The first-order chi connectivity index (χ1) is 7.90. The molecule has 1 aromatic rings. The van der Waals surface area contributed by atoms with E-state index in [0.29, 0.717) is 0 Å². The first-order valence-corrected chi connectivity index (χ1v) is 7.48. The van der Waals surface area contributed by atoms with Gasteiger partial charge in [0.1, 0.15) is 0 Å². The minimum atomic E-state index is 0.766. The Kier molecular flexibility index (Phi) is 4.86. The van der Waals surface area contributed by atoms with Gasteiger partial charge in [0.05, 0.1) is 0 Å². The molecule has 16 heavy (non-hydrogen) atoms. The smallest absolute Gasteiger partial charge is 0.00924 e. The van der Waals surface area contributed by atoms with Crippen LogP contribution in [0.15, 0.2) is 17.5 Å². The zero-order chi connectivity index (χ0) is 11.2. The number of hydrogen-bond donors (Lipinski definition) is 1. The molecule has 0 spiro atoms. The van der Waals surface area contributed by atoms with Crippen LogP contribution in [0.4, 0.5) is 0 Å². The van der Waals surface area contributed by atoms with Crippen molar-refractivity contribution in [3.8, 4) is 0 Å². The number of hydrogen-bond acceptors (Lipinski definition) is 2. The molecular weight excluding hydrogens is 214 g/mol. The zero-order valence-electron chi connectivity index (χ0n) is 10.2. The van der Waals surface area contributed by atoms with E-state index in [1.54, 1.807) is 4.88 Å². The molecule has 0 amide bonds. The van der Waals surface area contributed by atoms with Crippen LogP contribution in [0.3, 0.4) is 0 Å². The van der Waals surface area contributed by atoms with Gasteiger partial charge in [0.2, 0.25) is 0 Å². The van der Waals surface area contributed by atoms with Crippen LogP contribution in [0.1, 0.15) is 43.4 Å². The van der Waals surface area contributed by atoms with Gasteiger partial charge in [-0.2, -0.15) is 0 Å². The molecule has 2 heteroatoms. The molecule has 2 atom stereocenters. The topological polar surface area (TPSA) is 12.0 Å². The van der Waals surface area contributed by atoms with Gasteiger partial charge >= 0.3 is 0 Å². The molecule has 1 heterocycles. The minimum Gasteiger partial charge on any atom is -0.317 e. The fourth-order valence-corrected chi connectivity index (χ4v) is 3.62. The van der Waals surface area contributed by atoms with Crippen molar-refractivity contribution in [3.05, 3.63) is 22.4 Å². The van der Waals surface area contributed by atoms with Gasteiger partial charge in [-0.3, -0.25) is 0 Å². The Morgan fingerprint density at radius 1 is 1.31 bits per heavy atom. The van der Waals surface area contributed by atoms with E-state index in [0.717, 1.165) is 12.0 Å². The summed E-state index contributed by atoms with van der Waals surface area (Å²) in [5, 5.41) is 5.72. The van der Waals surface area contributed by atoms with Crippen molar-refractivity contribution in [1.29, 1.82) is 0 Å². The van der Waals surface area contributed by atoms with Crippen LogP contribution in [0.5, 0.6) is 0 Å². The lowest BCUT2D eigenvalue weighted by atomic mass is 9.90. The SMILES string of the molecule is CNC1CCCCCC1CCc1cccs1. The second-order valence-electron chi connectivity index (χ2n) is 4.91. The Labute approximate surface area is 103 Å². The van der Waals surface area contributed by atoms with Gasteiger partial charge in [-0.15, -0.1) is 11.3 Å². The van der Waals surface area contributed by atoms with E-state index < -0.39 is 0 Å². The summed E-state index contributed by atoms with van der Waals surface area (Å²) in [5.74, 6) is 0.898. The maximum absolute atomic E-state index is 3.53. The van der Waals surface area contributed by atoms with Crippen LogP contribution in [0, 0.1) is 5.92 Å². The minimum absolute atomic E-state index is 0.766. The number of rotatable bonds is 4. The Morgan fingerprint density at radius 2 is 2.19 bits per heavy atom. The van der Waals surface area contributed by atoms with E-state index in [1.807, 2.05) is 11.3 Å². The van der Waals surface area contributed by atoms with Crippen molar-refractivity contribution < 1.29 is 0 Å². The Bertz CT molecular complexity index is 281. The van der Waals surface area contributed by atoms with E-state index in [2.05, 4.69) is 29.9 Å². The Balaban J connectivity index is 1.85. The van der Waals surface area contributed by atoms with Crippen molar-refractivity contribution in [2.45, 2.75) is 51.0 Å². The first-order valence-electron chi connectivity index (χ1n) is 6.60. The maximum atomic E-state index is 3.53. The van der Waals surface area contributed by atoms with Crippen LogP contribution >= 0.6 is 11.3 Å². The monoisotopic (exact) mass is 237 g/mol. The first kappa shape index (κ1) is 12.1. The lowest BCUT2D eigenvalue weighted by Crippen LogP contribution is -2.32. The average Bonchev–Trinajstić information content (AvgIpc) is 2.71. The summed E-state index contributed by atoms with van der Waals surface area (Å²) in [7, 11) is 2.13. The number of aryl methyl sites for hydroxylation is 1. The van der Waals surface area contributed by atoms with Crippen molar-refractivity contribution in [3.63, 3.8) is 0 Å². The molecule has 2 rings (SSSR count). The van der Waals surface area contributed by atoms with Gasteiger partial charge < -0.3 is 5.32 Å². The molecule has 2 unspecified atom stereocenters. The molecule has 1 N–H and O–H groups in total. The Morgan fingerprint density at radius 3 is 2.94 bits per heavy atom. The van der Waals surface area contributed by atoms with Crippen molar-refractivity contribution in [2.75, 3.05) is 7.05 Å². The molecular formula is C14H23NS. The van der Waals surface area contributed by atoms with Gasteiger partial charge in [-0.25, -0.2) is 0 Å². The number of thiophene rings is 1. The molecule has 0 bridgehead atoms. The molecule has 0 saturated heterocycles. The van der Waals surface area contributed by atoms with Gasteiger partial charge in [0.25, 0.3) is 0 Å². The van der Waals surface area contributed by atoms with Gasteiger partial charge in [-0.05, 0) is 50.1 Å². The summed E-state index contributed by atoms with van der Waals surface area (Å²) in [5.41, 5.74) is 0. The third-order valence-corrected chi connectivity index (χ3v) is 4.81. The van der Waals surface area contributed by atoms with E-state index in [4.69, 9.17) is 0 Å². The third kappa shape index (κ3) is 3.33. The second-order valence-corrected chi connectivity index (χ2v) is 5.94. The molecule has 0 aromatic carbocycles.